The molecule has 0 heterocycles. The number of alkyl carbamates (subject to hydrolysis) is 2. The molecule has 40 heavy (non-hydrogen) atoms. The normalized spacial score (nSPS) is 11.7. The maximum atomic E-state index is 13.0. The smallest absolute Gasteiger partial charge is 0.407 e. The Labute approximate surface area is 246 Å². The highest BCUT2D eigenvalue weighted by Crippen LogP contribution is 2.14. The summed E-state index contributed by atoms with van der Waals surface area (Å²) >= 11 is 0. The predicted molar refractivity (Wildman–Crippen MR) is 165 cm³/mol. The van der Waals surface area contributed by atoms with Crippen LogP contribution in [0.25, 0.3) is 0 Å². The molecule has 0 saturated carbocycles. The number of unbranched alkanes of at least 4 members (excludes halogenated alkanes) is 12. The molecule has 0 saturated heterocycles. The number of hydrogen-bond acceptors (Lipinski definition) is 5. The molecule has 8 nitrogen and oxygen atoms in total. The SMILES string of the molecule is CCCCCCCCCCCCCCCC(=O)N(CCCNC(=O)OC(C)(C)C)CCCNC(=O)OC(C)(C)C. The number of nitrogens with zero attached hydrogens (tertiary/aromatic N) is 1. The fourth-order valence-electron chi connectivity index (χ4n) is 4.36. The van der Waals surface area contributed by atoms with Crippen LogP contribution in [0.4, 0.5) is 9.59 Å². The fourth-order valence-corrected chi connectivity index (χ4v) is 4.36. The molecule has 2 N–H and O–H groups in total. The van der Waals surface area contributed by atoms with Gasteiger partial charge in [0, 0.05) is 32.6 Å². The summed E-state index contributed by atoms with van der Waals surface area (Å²) in [5.74, 6) is 0.137. The van der Waals surface area contributed by atoms with E-state index in [1.54, 1.807) is 0 Å². The van der Waals surface area contributed by atoms with Gasteiger partial charge in [0.05, 0.1) is 0 Å². The highest BCUT2D eigenvalue weighted by atomic mass is 16.6. The van der Waals surface area contributed by atoms with Crippen LogP contribution in [-0.4, -0.2) is 60.4 Å². The minimum Gasteiger partial charge on any atom is -0.444 e. The van der Waals surface area contributed by atoms with Crippen molar-refractivity contribution in [3.63, 3.8) is 0 Å². The van der Waals surface area contributed by atoms with Crippen LogP contribution in [0.5, 0.6) is 0 Å². The van der Waals surface area contributed by atoms with Gasteiger partial charge in [0.2, 0.25) is 5.91 Å². The molecule has 0 aliphatic carbocycles. The maximum Gasteiger partial charge on any atom is 0.407 e. The second kappa shape index (κ2) is 22.7. The Morgan fingerprint density at radius 1 is 0.550 bits per heavy atom. The number of amides is 3. The van der Waals surface area contributed by atoms with Gasteiger partial charge in [-0.05, 0) is 60.8 Å². The van der Waals surface area contributed by atoms with Gasteiger partial charge in [0.25, 0.3) is 0 Å². The molecule has 0 bridgehead atoms. The summed E-state index contributed by atoms with van der Waals surface area (Å²) in [5.41, 5.74) is -1.08. The van der Waals surface area contributed by atoms with Crippen LogP contribution in [0, 0.1) is 0 Å². The van der Waals surface area contributed by atoms with Crippen molar-refractivity contribution in [2.24, 2.45) is 0 Å². The molecule has 0 unspecified atom stereocenters. The largest absolute Gasteiger partial charge is 0.444 e. The Kier molecular flexibility index (Phi) is 21.5. The van der Waals surface area contributed by atoms with Crippen molar-refractivity contribution < 1.29 is 23.9 Å². The van der Waals surface area contributed by atoms with Crippen LogP contribution in [0.1, 0.15) is 151 Å². The summed E-state index contributed by atoms with van der Waals surface area (Å²) in [6, 6.07) is 0. The molecule has 0 rings (SSSR count). The molecule has 3 amide bonds. The first-order valence-electron chi connectivity index (χ1n) is 16.1. The lowest BCUT2D eigenvalue weighted by molar-refractivity contribution is -0.131. The Hall–Kier alpha value is -1.99. The summed E-state index contributed by atoms with van der Waals surface area (Å²) < 4.78 is 10.6. The lowest BCUT2D eigenvalue weighted by atomic mass is 10.0. The molecule has 0 aliphatic rings. The molecule has 0 aromatic rings. The summed E-state index contributed by atoms with van der Waals surface area (Å²) in [6.07, 6.45) is 17.5. The minimum atomic E-state index is -0.541. The van der Waals surface area contributed by atoms with Gasteiger partial charge in [-0.2, -0.15) is 0 Å². The molecule has 0 radical (unpaired) electrons. The number of carbonyl (C=O) groups excluding carboxylic acids is 3. The van der Waals surface area contributed by atoms with Crippen molar-refractivity contribution in [3.8, 4) is 0 Å². The van der Waals surface area contributed by atoms with Crippen LogP contribution in [0.2, 0.25) is 0 Å². The van der Waals surface area contributed by atoms with E-state index in [0.29, 0.717) is 45.4 Å². The Balaban J connectivity index is 4.29. The summed E-state index contributed by atoms with van der Waals surface area (Å²) in [6.45, 7) is 15.2. The van der Waals surface area contributed by atoms with Gasteiger partial charge < -0.3 is 25.0 Å². The van der Waals surface area contributed by atoms with Crippen molar-refractivity contribution in [1.82, 2.24) is 15.5 Å². The lowest BCUT2D eigenvalue weighted by Gasteiger charge is -2.24. The third kappa shape index (κ3) is 26.2. The number of hydrogen-bond donors (Lipinski definition) is 2. The zero-order chi connectivity index (χ0) is 30.3. The number of carbonyl (C=O) groups is 3. The number of ether oxygens (including phenoxy) is 2. The van der Waals surface area contributed by atoms with E-state index >= 15 is 0 Å². The van der Waals surface area contributed by atoms with Gasteiger partial charge in [-0.3, -0.25) is 4.79 Å². The van der Waals surface area contributed by atoms with E-state index in [9.17, 15) is 14.4 Å². The average molecular weight is 570 g/mol. The van der Waals surface area contributed by atoms with E-state index in [4.69, 9.17) is 9.47 Å². The van der Waals surface area contributed by atoms with Crippen LogP contribution in [0.3, 0.4) is 0 Å². The molecule has 0 aliphatic heterocycles. The van der Waals surface area contributed by atoms with Crippen molar-refractivity contribution in [1.29, 1.82) is 0 Å². The molecule has 0 fully saturated rings. The predicted octanol–water partition coefficient (Wildman–Crippen LogP) is 8.13. The van der Waals surface area contributed by atoms with E-state index in [1.165, 1.54) is 70.6 Å². The number of rotatable bonds is 22. The summed E-state index contributed by atoms with van der Waals surface area (Å²) in [4.78, 5) is 38.6. The topological polar surface area (TPSA) is 97.0 Å². The van der Waals surface area contributed by atoms with Gasteiger partial charge in [0.15, 0.2) is 0 Å². The van der Waals surface area contributed by atoms with Gasteiger partial charge >= 0.3 is 12.2 Å². The highest BCUT2D eigenvalue weighted by molar-refractivity contribution is 5.76. The van der Waals surface area contributed by atoms with E-state index in [-0.39, 0.29) is 5.91 Å². The summed E-state index contributed by atoms with van der Waals surface area (Å²) in [5, 5.41) is 5.52. The van der Waals surface area contributed by atoms with Crippen molar-refractivity contribution >= 4 is 18.1 Å². The van der Waals surface area contributed by atoms with Gasteiger partial charge in [-0.15, -0.1) is 0 Å². The molecule has 236 valence electrons. The van der Waals surface area contributed by atoms with Gasteiger partial charge in [0.1, 0.15) is 11.2 Å². The second-order valence-corrected chi connectivity index (χ2v) is 12.9. The average Bonchev–Trinajstić information content (AvgIpc) is 2.83. The first kappa shape index (κ1) is 38.0. The molecular weight excluding hydrogens is 506 g/mol. The van der Waals surface area contributed by atoms with Crippen molar-refractivity contribution in [2.75, 3.05) is 26.2 Å². The molecule has 0 spiro atoms. The van der Waals surface area contributed by atoms with E-state index in [1.807, 2.05) is 46.4 Å². The minimum absolute atomic E-state index is 0.137. The molecule has 8 heteroatoms. The third-order valence-corrected chi connectivity index (χ3v) is 6.39. The fraction of sp³-hybridized carbons (Fsp3) is 0.906. The molecule has 0 aromatic carbocycles. The standard InChI is InChI=1S/C32H63N3O5/c1-8-9-10-11-12-13-14-15-16-17-18-19-20-23-28(36)35(26-21-24-33-29(37)39-31(2,3)4)27-22-25-34-30(38)40-32(5,6)7/h8-27H2,1-7H3,(H,33,37)(H,34,38). The van der Waals surface area contributed by atoms with Gasteiger partial charge in [-0.1, -0.05) is 84.0 Å². The molecule has 0 aromatic heterocycles. The van der Waals surface area contributed by atoms with E-state index in [2.05, 4.69) is 17.6 Å². The van der Waals surface area contributed by atoms with Crippen LogP contribution < -0.4 is 10.6 Å². The Bertz CT molecular complexity index is 634. The highest BCUT2D eigenvalue weighted by Gasteiger charge is 2.18. The quantitative estimate of drug-likeness (QED) is 0.128. The monoisotopic (exact) mass is 569 g/mol. The lowest BCUT2D eigenvalue weighted by Crippen LogP contribution is -2.38. The maximum absolute atomic E-state index is 13.0. The Morgan fingerprint density at radius 2 is 0.900 bits per heavy atom. The van der Waals surface area contributed by atoms with Crippen molar-refractivity contribution in [2.45, 2.75) is 162 Å². The van der Waals surface area contributed by atoms with Crippen molar-refractivity contribution in [3.05, 3.63) is 0 Å². The van der Waals surface area contributed by atoms with Crippen LogP contribution in [0.15, 0.2) is 0 Å². The van der Waals surface area contributed by atoms with Crippen LogP contribution in [-0.2, 0) is 14.3 Å². The zero-order valence-corrected chi connectivity index (χ0v) is 27.1. The third-order valence-electron chi connectivity index (χ3n) is 6.39. The second-order valence-electron chi connectivity index (χ2n) is 12.9. The molecular formula is C32H63N3O5. The first-order chi connectivity index (χ1) is 18.8. The molecule has 0 atom stereocenters. The van der Waals surface area contributed by atoms with Gasteiger partial charge in [-0.25, -0.2) is 9.59 Å². The van der Waals surface area contributed by atoms with E-state index < -0.39 is 23.4 Å². The summed E-state index contributed by atoms with van der Waals surface area (Å²) in [7, 11) is 0. The first-order valence-corrected chi connectivity index (χ1v) is 16.1. The number of nitrogens with one attached hydrogen (secondary N) is 2. The van der Waals surface area contributed by atoms with E-state index in [0.717, 1.165) is 12.8 Å². The zero-order valence-electron chi connectivity index (χ0n) is 27.1. The Morgan fingerprint density at radius 3 is 1.25 bits per heavy atom. The van der Waals surface area contributed by atoms with Crippen LogP contribution >= 0.6 is 0 Å².